The molecule has 2 atom stereocenters. The van der Waals surface area contributed by atoms with Gasteiger partial charge in [0.15, 0.2) is 0 Å². The zero-order valence-corrected chi connectivity index (χ0v) is 13.3. The summed E-state index contributed by atoms with van der Waals surface area (Å²) in [7, 11) is 0. The third-order valence-electron chi connectivity index (χ3n) is 3.77. The predicted octanol–water partition coefficient (Wildman–Crippen LogP) is 3.73. The van der Waals surface area contributed by atoms with Crippen LogP contribution in [0.3, 0.4) is 0 Å². The van der Waals surface area contributed by atoms with E-state index < -0.39 is 0 Å². The summed E-state index contributed by atoms with van der Waals surface area (Å²) >= 11 is 0. The van der Waals surface area contributed by atoms with Gasteiger partial charge in [0.1, 0.15) is 0 Å². The molecule has 0 spiro atoms. The number of unbranched alkanes of at least 4 members (excludes halogenated alkanes) is 2. The summed E-state index contributed by atoms with van der Waals surface area (Å²) in [5.41, 5.74) is 0. The van der Waals surface area contributed by atoms with E-state index in [1.54, 1.807) is 17.1 Å². The van der Waals surface area contributed by atoms with Gasteiger partial charge in [0, 0.05) is 32.0 Å². The molecule has 0 N–H and O–H groups in total. The Kier molecular flexibility index (Phi) is 8.76. The first kappa shape index (κ1) is 17.7. The minimum Gasteiger partial charge on any atom is -0.377 e. The van der Waals surface area contributed by atoms with Gasteiger partial charge < -0.3 is 9.64 Å². The van der Waals surface area contributed by atoms with Gasteiger partial charge >= 0.3 is 0 Å². The molecule has 1 aliphatic rings. The Morgan fingerprint density at radius 2 is 2.05 bits per heavy atom. The number of ether oxygens (including phenoxy) is 1. The Hall–Kier alpha value is -1.35. The molecule has 1 rings (SSSR count). The first-order valence-corrected chi connectivity index (χ1v) is 8.00. The summed E-state index contributed by atoms with van der Waals surface area (Å²) in [6, 6.07) is 0. The standard InChI is InChI=1S/C18H29NO2/c1-4-7-8-14-21-17-11-9-10-16(17)15-18(20)19(12-5-2)13-6-3/h5-6,9-10,16-17H,2-4,7-8,11-15H2,1H3. The predicted molar refractivity (Wildman–Crippen MR) is 88.1 cm³/mol. The van der Waals surface area contributed by atoms with E-state index in [4.69, 9.17) is 4.74 Å². The summed E-state index contributed by atoms with van der Waals surface area (Å²) < 4.78 is 5.94. The molecule has 1 aliphatic carbocycles. The van der Waals surface area contributed by atoms with E-state index in [1.165, 1.54) is 12.8 Å². The second-order valence-corrected chi connectivity index (χ2v) is 5.52. The Morgan fingerprint density at radius 1 is 1.33 bits per heavy atom. The minimum absolute atomic E-state index is 0.147. The molecule has 3 nitrogen and oxygen atoms in total. The van der Waals surface area contributed by atoms with E-state index in [-0.39, 0.29) is 17.9 Å². The van der Waals surface area contributed by atoms with Crippen LogP contribution in [-0.4, -0.2) is 36.6 Å². The molecular weight excluding hydrogens is 262 g/mol. The summed E-state index contributed by atoms with van der Waals surface area (Å²) in [5, 5.41) is 0. The molecule has 0 saturated carbocycles. The molecule has 0 aromatic heterocycles. The van der Waals surface area contributed by atoms with E-state index >= 15 is 0 Å². The zero-order valence-electron chi connectivity index (χ0n) is 13.3. The van der Waals surface area contributed by atoms with Gasteiger partial charge in [-0.05, 0) is 12.8 Å². The van der Waals surface area contributed by atoms with Gasteiger partial charge in [0.05, 0.1) is 6.10 Å². The van der Waals surface area contributed by atoms with E-state index in [9.17, 15) is 4.79 Å². The highest BCUT2D eigenvalue weighted by atomic mass is 16.5. The molecular formula is C18H29NO2. The molecule has 0 aromatic rings. The van der Waals surface area contributed by atoms with Crippen molar-refractivity contribution in [2.75, 3.05) is 19.7 Å². The van der Waals surface area contributed by atoms with Crippen LogP contribution in [0.4, 0.5) is 0 Å². The first-order valence-electron chi connectivity index (χ1n) is 8.00. The number of nitrogens with zero attached hydrogens (tertiary/aromatic N) is 1. The van der Waals surface area contributed by atoms with E-state index in [2.05, 4.69) is 32.2 Å². The minimum atomic E-state index is 0.147. The van der Waals surface area contributed by atoms with Crippen LogP contribution in [0, 0.1) is 5.92 Å². The SMILES string of the molecule is C=CCN(CC=C)C(=O)CC1C=CCC1OCCCCC. The number of amides is 1. The number of rotatable bonds is 11. The maximum absolute atomic E-state index is 12.3. The van der Waals surface area contributed by atoms with Crippen molar-refractivity contribution in [1.82, 2.24) is 4.90 Å². The van der Waals surface area contributed by atoms with Crippen LogP contribution in [0.5, 0.6) is 0 Å². The monoisotopic (exact) mass is 291 g/mol. The molecule has 3 heteroatoms. The molecule has 0 saturated heterocycles. The van der Waals surface area contributed by atoms with Crippen molar-refractivity contribution in [2.45, 2.75) is 45.1 Å². The van der Waals surface area contributed by atoms with Crippen molar-refractivity contribution in [3.8, 4) is 0 Å². The van der Waals surface area contributed by atoms with Gasteiger partial charge in [0.2, 0.25) is 5.91 Å². The summed E-state index contributed by atoms with van der Waals surface area (Å²) in [6.45, 7) is 11.5. The van der Waals surface area contributed by atoms with Crippen LogP contribution in [0.2, 0.25) is 0 Å². The molecule has 0 heterocycles. The second kappa shape index (κ2) is 10.4. The maximum atomic E-state index is 12.3. The second-order valence-electron chi connectivity index (χ2n) is 5.52. The maximum Gasteiger partial charge on any atom is 0.223 e. The molecule has 0 aliphatic heterocycles. The molecule has 1 amide bonds. The smallest absolute Gasteiger partial charge is 0.223 e. The molecule has 0 fully saturated rings. The van der Waals surface area contributed by atoms with E-state index in [0.29, 0.717) is 19.5 Å². The average molecular weight is 291 g/mol. The number of carbonyl (C=O) groups is 1. The Labute approximate surface area is 129 Å². The van der Waals surface area contributed by atoms with Crippen molar-refractivity contribution < 1.29 is 9.53 Å². The molecule has 2 unspecified atom stereocenters. The van der Waals surface area contributed by atoms with Crippen molar-refractivity contribution in [3.05, 3.63) is 37.5 Å². The van der Waals surface area contributed by atoms with Crippen LogP contribution in [0.25, 0.3) is 0 Å². The quantitative estimate of drug-likeness (QED) is 0.429. The Balaban J connectivity index is 2.42. The number of hydrogen-bond acceptors (Lipinski definition) is 2. The van der Waals surface area contributed by atoms with Crippen molar-refractivity contribution in [1.29, 1.82) is 0 Å². The van der Waals surface area contributed by atoms with Crippen molar-refractivity contribution in [2.24, 2.45) is 5.92 Å². The third-order valence-corrected chi connectivity index (χ3v) is 3.77. The third kappa shape index (κ3) is 6.30. The van der Waals surface area contributed by atoms with Gasteiger partial charge in [-0.25, -0.2) is 0 Å². The molecule has 118 valence electrons. The van der Waals surface area contributed by atoms with Crippen LogP contribution in [0.15, 0.2) is 37.5 Å². The van der Waals surface area contributed by atoms with E-state index in [0.717, 1.165) is 19.4 Å². The van der Waals surface area contributed by atoms with Gasteiger partial charge in [0.25, 0.3) is 0 Å². The summed E-state index contributed by atoms with van der Waals surface area (Å²) in [6.07, 6.45) is 12.9. The fourth-order valence-electron chi connectivity index (χ4n) is 2.58. The lowest BCUT2D eigenvalue weighted by atomic mass is 10.0. The lowest BCUT2D eigenvalue weighted by molar-refractivity contribution is -0.131. The Bertz CT molecular complexity index is 352. The zero-order chi connectivity index (χ0) is 15.5. The van der Waals surface area contributed by atoms with Crippen molar-refractivity contribution >= 4 is 5.91 Å². The molecule has 21 heavy (non-hydrogen) atoms. The van der Waals surface area contributed by atoms with Crippen molar-refractivity contribution in [3.63, 3.8) is 0 Å². The normalized spacial score (nSPS) is 20.4. The van der Waals surface area contributed by atoms with Gasteiger partial charge in [-0.3, -0.25) is 4.79 Å². The van der Waals surface area contributed by atoms with Crippen LogP contribution in [0.1, 0.15) is 39.0 Å². The first-order chi connectivity index (χ1) is 10.2. The number of carbonyl (C=O) groups excluding carboxylic acids is 1. The largest absolute Gasteiger partial charge is 0.377 e. The summed E-state index contributed by atoms with van der Waals surface area (Å²) in [5.74, 6) is 0.352. The topological polar surface area (TPSA) is 29.5 Å². The number of hydrogen-bond donors (Lipinski definition) is 0. The highest BCUT2D eigenvalue weighted by Crippen LogP contribution is 2.25. The lowest BCUT2D eigenvalue weighted by Crippen LogP contribution is -2.34. The molecule has 0 aromatic carbocycles. The molecule has 0 radical (unpaired) electrons. The van der Waals surface area contributed by atoms with E-state index in [1.807, 2.05) is 0 Å². The van der Waals surface area contributed by atoms with Crippen LogP contribution >= 0.6 is 0 Å². The highest BCUT2D eigenvalue weighted by molar-refractivity contribution is 5.77. The molecule has 0 bridgehead atoms. The summed E-state index contributed by atoms with van der Waals surface area (Å²) in [4.78, 5) is 14.1. The highest BCUT2D eigenvalue weighted by Gasteiger charge is 2.27. The fourth-order valence-corrected chi connectivity index (χ4v) is 2.58. The van der Waals surface area contributed by atoms with Crippen LogP contribution in [-0.2, 0) is 9.53 Å². The van der Waals surface area contributed by atoms with Gasteiger partial charge in [-0.2, -0.15) is 0 Å². The fraction of sp³-hybridized carbons (Fsp3) is 0.611. The van der Waals surface area contributed by atoms with Crippen LogP contribution < -0.4 is 0 Å². The average Bonchev–Trinajstić information content (AvgIpc) is 2.90. The Morgan fingerprint density at radius 3 is 2.67 bits per heavy atom. The van der Waals surface area contributed by atoms with Gasteiger partial charge in [-0.15, -0.1) is 13.2 Å². The lowest BCUT2D eigenvalue weighted by Gasteiger charge is -2.24. The van der Waals surface area contributed by atoms with Gasteiger partial charge in [-0.1, -0.05) is 44.1 Å².